The second-order valence-electron chi connectivity index (χ2n) is 7.52. The molecule has 0 amide bonds. The Balaban J connectivity index is 1.49. The molecule has 0 aliphatic heterocycles. The average Bonchev–Trinajstić information content (AvgIpc) is 2.80. The van der Waals surface area contributed by atoms with Gasteiger partial charge in [-0.1, -0.05) is 73.7 Å². The third-order valence-electron chi connectivity index (χ3n) is 5.19. The molecule has 3 aromatic carbocycles. The summed E-state index contributed by atoms with van der Waals surface area (Å²) >= 11 is 0. The average molecular weight is 417 g/mol. The summed E-state index contributed by atoms with van der Waals surface area (Å²) in [5, 5.41) is 9.31. The minimum absolute atomic E-state index is 0.375. The van der Waals surface area contributed by atoms with E-state index in [1.807, 2.05) is 24.3 Å². The van der Waals surface area contributed by atoms with Crippen molar-refractivity contribution in [3.05, 3.63) is 96.6 Å². The summed E-state index contributed by atoms with van der Waals surface area (Å²) in [5.74, 6) is 0.235. The molecular weight excluding hydrogens is 388 g/mol. The Hall–Kier alpha value is -3.53. The van der Waals surface area contributed by atoms with Crippen LogP contribution in [0.3, 0.4) is 0 Å². The Morgan fingerprint density at radius 1 is 0.903 bits per heavy atom. The largest absolute Gasteiger partial charge is 0.490 e. The first-order chi connectivity index (χ1) is 15.0. The molecule has 0 aliphatic rings. The van der Waals surface area contributed by atoms with Gasteiger partial charge in [0.15, 0.2) is 0 Å². The molecule has 1 unspecified atom stereocenters. The van der Waals surface area contributed by atoms with Crippen LogP contribution in [0.4, 0.5) is 0 Å². The lowest BCUT2D eigenvalue weighted by Crippen LogP contribution is -2.40. The zero-order chi connectivity index (χ0) is 22.1. The number of rotatable bonds is 10. The number of benzene rings is 3. The fourth-order valence-corrected chi connectivity index (χ4v) is 3.07. The third kappa shape index (κ3) is 6.22. The van der Waals surface area contributed by atoms with Crippen molar-refractivity contribution >= 4 is 5.97 Å². The van der Waals surface area contributed by atoms with Gasteiger partial charge in [0.05, 0.1) is 0 Å². The number of aliphatic carboxylic acids is 1. The van der Waals surface area contributed by atoms with E-state index in [0.717, 1.165) is 6.42 Å². The van der Waals surface area contributed by atoms with Crippen LogP contribution in [0.1, 0.15) is 25.8 Å². The predicted molar refractivity (Wildman–Crippen MR) is 124 cm³/mol. The van der Waals surface area contributed by atoms with Gasteiger partial charge in [0.1, 0.15) is 18.1 Å². The standard InChI is InChI=1S/C27H28O4/c1-3-27(2,26(28)29)31-25-17-15-24(16-18-25)30-19-8-7-10-21-11-9-14-23(20-21)22-12-5-4-6-13-22/h4-9,11-18,20H,3,10,19H2,1-2H3,(H,28,29). The fourth-order valence-electron chi connectivity index (χ4n) is 3.07. The Labute approximate surface area is 183 Å². The van der Waals surface area contributed by atoms with Gasteiger partial charge < -0.3 is 14.6 Å². The van der Waals surface area contributed by atoms with Crippen molar-refractivity contribution in [2.24, 2.45) is 0 Å². The highest BCUT2D eigenvalue weighted by molar-refractivity contribution is 5.77. The number of hydrogen-bond donors (Lipinski definition) is 1. The van der Waals surface area contributed by atoms with Crippen LogP contribution < -0.4 is 9.47 Å². The Kier molecular flexibility index (Phi) is 7.50. The van der Waals surface area contributed by atoms with Crippen molar-refractivity contribution in [3.8, 4) is 22.6 Å². The van der Waals surface area contributed by atoms with E-state index in [-0.39, 0.29) is 0 Å². The minimum atomic E-state index is -1.23. The van der Waals surface area contributed by atoms with Gasteiger partial charge in [0, 0.05) is 0 Å². The summed E-state index contributed by atoms with van der Waals surface area (Å²) < 4.78 is 11.4. The smallest absolute Gasteiger partial charge is 0.347 e. The Morgan fingerprint density at radius 3 is 2.26 bits per heavy atom. The third-order valence-corrected chi connectivity index (χ3v) is 5.19. The quantitative estimate of drug-likeness (QED) is 0.402. The molecule has 0 saturated heterocycles. The highest BCUT2D eigenvalue weighted by atomic mass is 16.5. The summed E-state index contributed by atoms with van der Waals surface area (Å²) in [6.45, 7) is 3.82. The van der Waals surface area contributed by atoms with Crippen molar-refractivity contribution in [2.75, 3.05) is 6.61 Å². The summed E-state index contributed by atoms with van der Waals surface area (Å²) in [5.41, 5.74) is 2.44. The molecule has 0 heterocycles. The molecular formula is C27H28O4. The van der Waals surface area contributed by atoms with Crippen LogP contribution in [0.15, 0.2) is 91.0 Å². The molecule has 0 aromatic heterocycles. The van der Waals surface area contributed by atoms with E-state index in [1.165, 1.54) is 16.7 Å². The molecule has 3 aromatic rings. The van der Waals surface area contributed by atoms with Crippen LogP contribution in [0.25, 0.3) is 11.1 Å². The summed E-state index contributed by atoms with van der Waals surface area (Å²) in [7, 11) is 0. The topological polar surface area (TPSA) is 55.8 Å². The molecule has 1 N–H and O–H groups in total. The van der Waals surface area contributed by atoms with Crippen molar-refractivity contribution in [3.63, 3.8) is 0 Å². The lowest BCUT2D eigenvalue weighted by molar-refractivity contribution is -0.154. The van der Waals surface area contributed by atoms with E-state index in [2.05, 4.69) is 42.5 Å². The predicted octanol–water partition coefficient (Wildman–Crippen LogP) is 6.16. The molecule has 3 rings (SSSR count). The monoisotopic (exact) mass is 416 g/mol. The molecule has 0 fully saturated rings. The van der Waals surface area contributed by atoms with Crippen molar-refractivity contribution in [1.82, 2.24) is 0 Å². The van der Waals surface area contributed by atoms with E-state index in [9.17, 15) is 9.90 Å². The molecule has 4 nitrogen and oxygen atoms in total. The van der Waals surface area contributed by atoms with Gasteiger partial charge in [-0.2, -0.15) is 0 Å². The maximum Gasteiger partial charge on any atom is 0.347 e. The van der Waals surface area contributed by atoms with Crippen LogP contribution in [0.5, 0.6) is 11.5 Å². The zero-order valence-electron chi connectivity index (χ0n) is 18.0. The molecule has 0 bridgehead atoms. The van der Waals surface area contributed by atoms with Gasteiger partial charge >= 0.3 is 5.97 Å². The van der Waals surface area contributed by atoms with Gasteiger partial charge in [0.25, 0.3) is 0 Å². The molecule has 0 radical (unpaired) electrons. The highest BCUT2D eigenvalue weighted by Crippen LogP contribution is 2.24. The summed E-state index contributed by atoms with van der Waals surface area (Å²) in [6.07, 6.45) is 5.31. The molecule has 1 atom stereocenters. The number of carbonyl (C=O) groups is 1. The van der Waals surface area contributed by atoms with Crippen molar-refractivity contribution in [1.29, 1.82) is 0 Å². The van der Waals surface area contributed by atoms with Gasteiger partial charge in [-0.15, -0.1) is 0 Å². The van der Waals surface area contributed by atoms with E-state index in [4.69, 9.17) is 9.47 Å². The first kappa shape index (κ1) is 22.2. The first-order valence-electron chi connectivity index (χ1n) is 10.4. The maximum absolute atomic E-state index is 11.4. The maximum atomic E-state index is 11.4. The van der Waals surface area contributed by atoms with Crippen LogP contribution in [0, 0.1) is 0 Å². The molecule has 4 heteroatoms. The van der Waals surface area contributed by atoms with E-state index in [1.54, 1.807) is 38.1 Å². The fraction of sp³-hybridized carbons (Fsp3) is 0.222. The number of carboxylic acid groups (broad SMARTS) is 1. The molecule has 160 valence electrons. The Morgan fingerprint density at radius 2 is 1.58 bits per heavy atom. The SMILES string of the molecule is CCC(C)(Oc1ccc(OCC=CCc2cccc(-c3ccccc3)c2)cc1)C(=O)O. The molecule has 0 spiro atoms. The summed E-state index contributed by atoms with van der Waals surface area (Å²) in [4.78, 5) is 11.4. The normalized spacial score (nSPS) is 13.0. The van der Waals surface area contributed by atoms with Crippen molar-refractivity contribution < 1.29 is 19.4 Å². The van der Waals surface area contributed by atoms with Gasteiger partial charge in [-0.05, 0) is 60.7 Å². The summed E-state index contributed by atoms with van der Waals surface area (Å²) in [6, 6.07) is 25.9. The van der Waals surface area contributed by atoms with Crippen LogP contribution in [-0.2, 0) is 11.2 Å². The second kappa shape index (κ2) is 10.5. The van der Waals surface area contributed by atoms with E-state index >= 15 is 0 Å². The number of allylic oxidation sites excluding steroid dienone is 1. The van der Waals surface area contributed by atoms with Gasteiger partial charge in [0.2, 0.25) is 5.60 Å². The van der Waals surface area contributed by atoms with E-state index in [0.29, 0.717) is 24.5 Å². The first-order valence-corrected chi connectivity index (χ1v) is 10.4. The number of hydrogen-bond acceptors (Lipinski definition) is 3. The van der Waals surface area contributed by atoms with Crippen LogP contribution in [-0.4, -0.2) is 23.3 Å². The molecule has 31 heavy (non-hydrogen) atoms. The Bertz CT molecular complexity index is 1010. The van der Waals surface area contributed by atoms with E-state index < -0.39 is 11.6 Å². The molecule has 0 saturated carbocycles. The van der Waals surface area contributed by atoms with Gasteiger partial charge in [-0.25, -0.2) is 4.79 Å². The lowest BCUT2D eigenvalue weighted by Gasteiger charge is -2.24. The number of carboxylic acids is 1. The van der Waals surface area contributed by atoms with Gasteiger partial charge in [-0.3, -0.25) is 0 Å². The van der Waals surface area contributed by atoms with Crippen LogP contribution >= 0.6 is 0 Å². The second-order valence-corrected chi connectivity index (χ2v) is 7.52. The zero-order valence-corrected chi connectivity index (χ0v) is 18.0. The van der Waals surface area contributed by atoms with Crippen molar-refractivity contribution in [2.45, 2.75) is 32.3 Å². The molecule has 0 aliphatic carbocycles. The minimum Gasteiger partial charge on any atom is -0.490 e. The highest BCUT2D eigenvalue weighted by Gasteiger charge is 2.33. The number of ether oxygens (including phenoxy) is 2. The lowest BCUT2D eigenvalue weighted by atomic mass is 10.0. The van der Waals surface area contributed by atoms with Crippen LogP contribution in [0.2, 0.25) is 0 Å².